The molecule has 0 fully saturated rings. The van der Waals surface area contributed by atoms with E-state index < -0.39 is 0 Å². The predicted molar refractivity (Wildman–Crippen MR) is 59.5 cm³/mol. The highest BCUT2D eigenvalue weighted by atomic mass is 16.2. The summed E-state index contributed by atoms with van der Waals surface area (Å²) in [4.78, 5) is 0. The Bertz CT molecular complexity index is 446. The molecule has 0 atom stereocenters. The third-order valence-corrected chi connectivity index (χ3v) is 2.61. The molecule has 0 aromatic heterocycles. The van der Waals surface area contributed by atoms with Gasteiger partial charge in [-0.2, -0.15) is 0 Å². The lowest BCUT2D eigenvalue weighted by Gasteiger charge is -2.06. The van der Waals surface area contributed by atoms with Gasteiger partial charge in [0.15, 0.2) is 0 Å². The van der Waals surface area contributed by atoms with Crippen molar-refractivity contribution in [2.24, 2.45) is 0 Å². The summed E-state index contributed by atoms with van der Waals surface area (Å²) in [6, 6.07) is 12.6. The first-order valence-electron chi connectivity index (χ1n) is 4.91. The van der Waals surface area contributed by atoms with Crippen LogP contribution in [0, 0.1) is 6.92 Å². The molecule has 1 nitrogen and oxygen atoms in total. The maximum atomic E-state index is 8.95. The SMILES string of the molecule is Cc1cccc2c(CCO)cccc12. The van der Waals surface area contributed by atoms with Crippen molar-refractivity contribution in [3.63, 3.8) is 0 Å². The van der Waals surface area contributed by atoms with E-state index in [4.69, 9.17) is 5.11 Å². The first-order chi connectivity index (χ1) is 6.83. The van der Waals surface area contributed by atoms with Crippen LogP contribution in [0.3, 0.4) is 0 Å². The minimum atomic E-state index is 0.215. The molecule has 72 valence electrons. The summed E-state index contributed by atoms with van der Waals surface area (Å²) in [6.07, 6.45) is 0.737. The average molecular weight is 186 g/mol. The molecular formula is C13H14O. The van der Waals surface area contributed by atoms with Crippen molar-refractivity contribution in [3.05, 3.63) is 47.5 Å². The number of hydrogen-bond donors (Lipinski definition) is 1. The molecule has 1 N–H and O–H groups in total. The number of aliphatic hydroxyl groups excluding tert-OH is 1. The second-order valence-corrected chi connectivity index (χ2v) is 3.56. The van der Waals surface area contributed by atoms with Crippen LogP contribution in [0.2, 0.25) is 0 Å². The number of benzene rings is 2. The van der Waals surface area contributed by atoms with Crippen LogP contribution in [0.1, 0.15) is 11.1 Å². The largest absolute Gasteiger partial charge is 0.396 e. The normalized spacial score (nSPS) is 10.7. The van der Waals surface area contributed by atoms with Crippen molar-refractivity contribution < 1.29 is 5.11 Å². The molecule has 0 saturated heterocycles. The number of fused-ring (bicyclic) bond motifs is 1. The van der Waals surface area contributed by atoms with Crippen LogP contribution in [0.5, 0.6) is 0 Å². The fourth-order valence-corrected chi connectivity index (χ4v) is 1.87. The topological polar surface area (TPSA) is 20.2 Å². The number of hydrogen-bond acceptors (Lipinski definition) is 1. The molecule has 0 aliphatic carbocycles. The van der Waals surface area contributed by atoms with E-state index in [1.165, 1.54) is 21.9 Å². The van der Waals surface area contributed by atoms with E-state index in [1.54, 1.807) is 0 Å². The molecule has 0 bridgehead atoms. The van der Waals surface area contributed by atoms with E-state index in [-0.39, 0.29) is 6.61 Å². The molecule has 0 radical (unpaired) electrons. The standard InChI is InChI=1S/C13H14O/c1-10-4-2-7-13-11(8-9-14)5-3-6-12(10)13/h2-7,14H,8-9H2,1H3. The zero-order chi connectivity index (χ0) is 9.97. The first-order valence-corrected chi connectivity index (χ1v) is 4.91. The molecule has 0 aliphatic rings. The Kier molecular flexibility index (Phi) is 2.51. The Morgan fingerprint density at radius 3 is 2.50 bits per heavy atom. The van der Waals surface area contributed by atoms with Gasteiger partial charge in [0.1, 0.15) is 0 Å². The molecule has 2 aromatic rings. The molecule has 0 saturated carbocycles. The number of aliphatic hydroxyl groups is 1. The van der Waals surface area contributed by atoms with E-state index in [0.717, 1.165) is 6.42 Å². The molecule has 2 aromatic carbocycles. The van der Waals surface area contributed by atoms with Crippen LogP contribution < -0.4 is 0 Å². The predicted octanol–water partition coefficient (Wildman–Crippen LogP) is 2.68. The minimum absolute atomic E-state index is 0.215. The first kappa shape index (κ1) is 9.22. The highest BCUT2D eigenvalue weighted by Gasteiger charge is 2.01. The molecule has 0 heterocycles. The lowest BCUT2D eigenvalue weighted by molar-refractivity contribution is 0.300. The van der Waals surface area contributed by atoms with Crippen LogP contribution in [0.4, 0.5) is 0 Å². The number of rotatable bonds is 2. The summed E-state index contributed by atoms with van der Waals surface area (Å²) in [5.74, 6) is 0. The van der Waals surface area contributed by atoms with Gasteiger partial charge in [0.25, 0.3) is 0 Å². The monoisotopic (exact) mass is 186 g/mol. The fourth-order valence-electron chi connectivity index (χ4n) is 1.87. The summed E-state index contributed by atoms with van der Waals surface area (Å²) in [7, 11) is 0. The molecule has 0 spiro atoms. The molecule has 0 amide bonds. The van der Waals surface area contributed by atoms with Gasteiger partial charge in [-0.25, -0.2) is 0 Å². The highest BCUT2D eigenvalue weighted by molar-refractivity contribution is 5.88. The summed E-state index contributed by atoms with van der Waals surface area (Å²) in [6.45, 7) is 2.33. The van der Waals surface area contributed by atoms with Crippen molar-refractivity contribution in [1.82, 2.24) is 0 Å². The van der Waals surface area contributed by atoms with Crippen molar-refractivity contribution in [2.75, 3.05) is 6.61 Å². The van der Waals surface area contributed by atoms with Crippen LogP contribution in [0.15, 0.2) is 36.4 Å². The Morgan fingerprint density at radius 2 is 1.71 bits per heavy atom. The van der Waals surface area contributed by atoms with Gasteiger partial charge in [-0.15, -0.1) is 0 Å². The Balaban J connectivity index is 2.68. The molecule has 1 heteroatoms. The van der Waals surface area contributed by atoms with Crippen LogP contribution in [-0.2, 0) is 6.42 Å². The maximum Gasteiger partial charge on any atom is 0.0471 e. The van der Waals surface area contributed by atoms with E-state index in [1.807, 2.05) is 0 Å². The van der Waals surface area contributed by atoms with Crippen molar-refractivity contribution in [1.29, 1.82) is 0 Å². The minimum Gasteiger partial charge on any atom is -0.396 e. The lowest BCUT2D eigenvalue weighted by Crippen LogP contribution is -1.92. The van der Waals surface area contributed by atoms with Gasteiger partial charge in [-0.05, 0) is 35.2 Å². The molecule has 0 aliphatic heterocycles. The van der Waals surface area contributed by atoms with Gasteiger partial charge in [-0.3, -0.25) is 0 Å². The maximum absolute atomic E-state index is 8.95. The summed E-state index contributed by atoms with van der Waals surface area (Å²) < 4.78 is 0. The third-order valence-electron chi connectivity index (χ3n) is 2.61. The second kappa shape index (κ2) is 3.81. The summed E-state index contributed by atoms with van der Waals surface area (Å²) >= 11 is 0. The van der Waals surface area contributed by atoms with Crippen molar-refractivity contribution in [3.8, 4) is 0 Å². The van der Waals surface area contributed by atoms with Crippen molar-refractivity contribution in [2.45, 2.75) is 13.3 Å². The number of aryl methyl sites for hydroxylation is 1. The molecule has 14 heavy (non-hydrogen) atoms. The van der Waals surface area contributed by atoms with E-state index >= 15 is 0 Å². The summed E-state index contributed by atoms with van der Waals surface area (Å²) in [5, 5.41) is 11.5. The quantitative estimate of drug-likeness (QED) is 0.764. The zero-order valence-corrected chi connectivity index (χ0v) is 8.33. The zero-order valence-electron chi connectivity index (χ0n) is 8.33. The van der Waals surface area contributed by atoms with Gasteiger partial charge in [0.2, 0.25) is 0 Å². The average Bonchev–Trinajstić information content (AvgIpc) is 2.20. The van der Waals surface area contributed by atoms with E-state index in [2.05, 4.69) is 43.3 Å². The van der Waals surface area contributed by atoms with Crippen LogP contribution >= 0.6 is 0 Å². The van der Waals surface area contributed by atoms with Crippen LogP contribution in [-0.4, -0.2) is 11.7 Å². The molecule has 0 unspecified atom stereocenters. The highest BCUT2D eigenvalue weighted by Crippen LogP contribution is 2.21. The second-order valence-electron chi connectivity index (χ2n) is 3.56. The Labute approximate surface area is 84.0 Å². The lowest BCUT2D eigenvalue weighted by atomic mass is 9.99. The molecular weight excluding hydrogens is 172 g/mol. The van der Waals surface area contributed by atoms with Gasteiger partial charge in [-0.1, -0.05) is 36.4 Å². The third kappa shape index (κ3) is 1.51. The fraction of sp³-hybridized carbons (Fsp3) is 0.231. The van der Waals surface area contributed by atoms with E-state index in [0.29, 0.717) is 0 Å². The molecule has 2 rings (SSSR count). The van der Waals surface area contributed by atoms with Gasteiger partial charge >= 0.3 is 0 Å². The Morgan fingerprint density at radius 1 is 1.00 bits per heavy atom. The van der Waals surface area contributed by atoms with Gasteiger partial charge in [0, 0.05) is 6.61 Å². The smallest absolute Gasteiger partial charge is 0.0471 e. The van der Waals surface area contributed by atoms with E-state index in [9.17, 15) is 0 Å². The van der Waals surface area contributed by atoms with Gasteiger partial charge < -0.3 is 5.11 Å². The summed E-state index contributed by atoms with van der Waals surface area (Å²) in [5.41, 5.74) is 2.52. The Hall–Kier alpha value is -1.34. The van der Waals surface area contributed by atoms with Crippen LogP contribution in [0.25, 0.3) is 10.8 Å². The van der Waals surface area contributed by atoms with Crippen molar-refractivity contribution >= 4 is 10.8 Å². The van der Waals surface area contributed by atoms with Gasteiger partial charge in [0.05, 0.1) is 0 Å².